The maximum absolute atomic E-state index is 5.94. The highest BCUT2D eigenvalue weighted by Crippen LogP contribution is 2.22. The van der Waals surface area contributed by atoms with E-state index < -0.39 is 0 Å². The summed E-state index contributed by atoms with van der Waals surface area (Å²) in [5.41, 5.74) is 5.45. The summed E-state index contributed by atoms with van der Waals surface area (Å²) in [6, 6.07) is 0.181. The van der Waals surface area contributed by atoms with E-state index in [1.54, 1.807) is 0 Å². The maximum Gasteiger partial charge on any atom is 0.318 e. The number of hydrogen-bond acceptors (Lipinski definition) is 6. The lowest BCUT2D eigenvalue weighted by atomic mass is 10.6. The van der Waals surface area contributed by atoms with Crippen LogP contribution in [0.25, 0.3) is 5.82 Å². The van der Waals surface area contributed by atoms with Gasteiger partial charge in [-0.2, -0.15) is 14.6 Å². The molecule has 2 heterocycles. The SMILES string of the molecule is COc1ncc(Cl)c(-n2nc(N)nc2Br)n1. The number of nitrogens with two attached hydrogens (primary N) is 1. The molecule has 0 amide bonds. The first kappa shape index (κ1) is 11.1. The minimum atomic E-state index is 0.112. The first-order valence-electron chi connectivity index (χ1n) is 4.06. The van der Waals surface area contributed by atoms with E-state index in [4.69, 9.17) is 22.1 Å². The summed E-state index contributed by atoms with van der Waals surface area (Å²) in [6.45, 7) is 0. The monoisotopic (exact) mass is 304 g/mol. The number of nitrogen functional groups attached to an aromatic ring is 1. The molecule has 7 nitrogen and oxygen atoms in total. The minimum Gasteiger partial charge on any atom is -0.467 e. The van der Waals surface area contributed by atoms with Gasteiger partial charge in [0.15, 0.2) is 5.82 Å². The van der Waals surface area contributed by atoms with Gasteiger partial charge in [0, 0.05) is 0 Å². The molecular weight excluding hydrogens is 299 g/mol. The van der Waals surface area contributed by atoms with Crippen molar-refractivity contribution in [1.82, 2.24) is 24.7 Å². The molecule has 0 aliphatic carbocycles. The van der Waals surface area contributed by atoms with Crippen LogP contribution in [0.5, 0.6) is 6.01 Å². The smallest absolute Gasteiger partial charge is 0.318 e. The summed E-state index contributed by atoms with van der Waals surface area (Å²) in [6.07, 6.45) is 1.41. The van der Waals surface area contributed by atoms with Crippen LogP contribution in [0.15, 0.2) is 10.9 Å². The number of rotatable bonds is 2. The molecule has 0 fully saturated rings. The van der Waals surface area contributed by atoms with Crippen molar-refractivity contribution >= 4 is 33.5 Å². The number of hydrogen-bond donors (Lipinski definition) is 1. The number of nitrogens with zero attached hydrogens (tertiary/aromatic N) is 5. The van der Waals surface area contributed by atoms with Crippen molar-refractivity contribution in [3.8, 4) is 11.8 Å². The largest absolute Gasteiger partial charge is 0.467 e. The van der Waals surface area contributed by atoms with Crippen molar-refractivity contribution in [2.75, 3.05) is 12.8 Å². The third kappa shape index (κ3) is 1.93. The lowest BCUT2D eigenvalue weighted by Crippen LogP contribution is -2.04. The maximum atomic E-state index is 5.94. The molecule has 0 aromatic carbocycles. The number of anilines is 1. The molecule has 0 aliphatic rings. The highest BCUT2D eigenvalue weighted by atomic mass is 79.9. The van der Waals surface area contributed by atoms with Gasteiger partial charge in [0.05, 0.1) is 13.3 Å². The van der Waals surface area contributed by atoms with Crippen molar-refractivity contribution in [2.24, 2.45) is 0 Å². The number of halogens is 2. The van der Waals surface area contributed by atoms with E-state index in [2.05, 4.69) is 36.0 Å². The van der Waals surface area contributed by atoms with Crippen molar-refractivity contribution in [3.63, 3.8) is 0 Å². The van der Waals surface area contributed by atoms with Crippen LogP contribution in [-0.4, -0.2) is 31.8 Å². The molecule has 2 rings (SSSR count). The zero-order valence-corrected chi connectivity index (χ0v) is 10.4. The van der Waals surface area contributed by atoms with Crippen molar-refractivity contribution < 1.29 is 4.74 Å². The second-order valence-corrected chi connectivity index (χ2v) is 3.80. The van der Waals surface area contributed by atoms with E-state index in [-0.39, 0.29) is 12.0 Å². The quantitative estimate of drug-likeness (QED) is 0.892. The summed E-state index contributed by atoms with van der Waals surface area (Å²) in [5.74, 6) is 0.449. The van der Waals surface area contributed by atoms with Gasteiger partial charge in [0.2, 0.25) is 10.7 Å². The second kappa shape index (κ2) is 4.22. The first-order valence-corrected chi connectivity index (χ1v) is 5.24. The fourth-order valence-corrected chi connectivity index (χ4v) is 1.63. The summed E-state index contributed by atoms with van der Waals surface area (Å²) < 4.78 is 6.63. The predicted molar refractivity (Wildman–Crippen MR) is 60.6 cm³/mol. The summed E-state index contributed by atoms with van der Waals surface area (Å²) >= 11 is 9.12. The second-order valence-electron chi connectivity index (χ2n) is 2.68. The van der Waals surface area contributed by atoms with E-state index >= 15 is 0 Å². The lowest BCUT2D eigenvalue weighted by molar-refractivity contribution is 0.378. The Morgan fingerprint density at radius 1 is 1.50 bits per heavy atom. The molecular formula is C7H6BrClN6O. The van der Waals surface area contributed by atoms with Crippen LogP contribution < -0.4 is 10.5 Å². The molecule has 0 spiro atoms. The van der Waals surface area contributed by atoms with Gasteiger partial charge in [-0.1, -0.05) is 11.6 Å². The highest BCUT2D eigenvalue weighted by molar-refractivity contribution is 9.10. The van der Waals surface area contributed by atoms with Crippen LogP contribution in [0.4, 0.5) is 5.95 Å². The Kier molecular flexibility index (Phi) is 2.92. The van der Waals surface area contributed by atoms with Crippen LogP contribution in [0.1, 0.15) is 0 Å². The molecule has 0 unspecified atom stereocenters. The molecule has 84 valence electrons. The fraction of sp³-hybridized carbons (Fsp3) is 0.143. The average molecular weight is 306 g/mol. The number of aromatic nitrogens is 5. The Morgan fingerprint density at radius 2 is 2.25 bits per heavy atom. The van der Waals surface area contributed by atoms with E-state index in [1.807, 2.05) is 0 Å². The van der Waals surface area contributed by atoms with E-state index in [0.29, 0.717) is 15.6 Å². The molecule has 2 aromatic rings. The predicted octanol–water partition coefficient (Wildman–Crippen LogP) is 1.06. The van der Waals surface area contributed by atoms with Gasteiger partial charge in [0.25, 0.3) is 0 Å². The van der Waals surface area contributed by atoms with Crippen LogP contribution in [-0.2, 0) is 0 Å². The molecule has 0 radical (unpaired) electrons. The van der Waals surface area contributed by atoms with Gasteiger partial charge in [-0.05, 0) is 15.9 Å². The summed E-state index contributed by atoms with van der Waals surface area (Å²) in [7, 11) is 1.46. The van der Waals surface area contributed by atoms with Crippen molar-refractivity contribution in [2.45, 2.75) is 0 Å². The van der Waals surface area contributed by atoms with Gasteiger partial charge in [-0.25, -0.2) is 4.98 Å². The Morgan fingerprint density at radius 3 is 2.81 bits per heavy atom. The van der Waals surface area contributed by atoms with Crippen LogP contribution in [0, 0.1) is 0 Å². The lowest BCUT2D eigenvalue weighted by Gasteiger charge is -2.04. The average Bonchev–Trinajstić information content (AvgIpc) is 2.58. The summed E-state index contributed by atoms with van der Waals surface area (Å²) in [5, 5.41) is 4.23. The Labute approximate surface area is 104 Å². The van der Waals surface area contributed by atoms with Gasteiger partial charge in [0.1, 0.15) is 5.02 Å². The summed E-state index contributed by atoms with van der Waals surface area (Å²) in [4.78, 5) is 11.8. The number of methoxy groups -OCH3 is 1. The van der Waals surface area contributed by atoms with Crippen LogP contribution in [0.2, 0.25) is 5.02 Å². The van der Waals surface area contributed by atoms with E-state index in [0.717, 1.165) is 0 Å². The Bertz CT molecular complexity index is 530. The van der Waals surface area contributed by atoms with E-state index in [9.17, 15) is 0 Å². The normalized spacial score (nSPS) is 10.4. The molecule has 0 atom stereocenters. The fourth-order valence-electron chi connectivity index (χ4n) is 1.03. The molecule has 0 saturated heterocycles. The standard InChI is InChI=1S/C7H6BrClN6O/c1-16-7-11-2-3(9)4(12-7)15-5(8)13-6(10)14-15/h2H,1H3,(H2,10,14). The van der Waals surface area contributed by atoms with Gasteiger partial charge >= 0.3 is 6.01 Å². The minimum absolute atomic E-state index is 0.112. The molecule has 2 N–H and O–H groups in total. The van der Waals surface area contributed by atoms with Crippen molar-refractivity contribution in [1.29, 1.82) is 0 Å². The first-order chi connectivity index (χ1) is 7.61. The van der Waals surface area contributed by atoms with Crippen molar-refractivity contribution in [3.05, 3.63) is 16.0 Å². The zero-order valence-electron chi connectivity index (χ0n) is 8.05. The molecule has 16 heavy (non-hydrogen) atoms. The Hall–Kier alpha value is -1.41. The van der Waals surface area contributed by atoms with Gasteiger partial charge in [-0.3, -0.25) is 0 Å². The molecule has 0 saturated carbocycles. The van der Waals surface area contributed by atoms with Gasteiger partial charge < -0.3 is 10.5 Å². The zero-order chi connectivity index (χ0) is 11.7. The molecule has 9 heteroatoms. The van der Waals surface area contributed by atoms with Crippen LogP contribution in [0.3, 0.4) is 0 Å². The highest BCUT2D eigenvalue weighted by Gasteiger charge is 2.13. The molecule has 2 aromatic heterocycles. The molecule has 0 bridgehead atoms. The Balaban J connectivity index is 2.58. The number of ether oxygens (including phenoxy) is 1. The third-order valence-corrected chi connectivity index (χ3v) is 2.45. The van der Waals surface area contributed by atoms with E-state index in [1.165, 1.54) is 18.0 Å². The van der Waals surface area contributed by atoms with Crippen LogP contribution >= 0.6 is 27.5 Å². The third-order valence-electron chi connectivity index (χ3n) is 1.67. The van der Waals surface area contributed by atoms with Gasteiger partial charge in [-0.15, -0.1) is 5.10 Å². The molecule has 0 aliphatic heterocycles. The topological polar surface area (TPSA) is 91.7 Å².